The minimum Gasteiger partial charge on any atom is -0.485 e. The lowest BCUT2D eigenvalue weighted by molar-refractivity contribution is -0.140. The van der Waals surface area contributed by atoms with Crippen molar-refractivity contribution in [2.24, 2.45) is 0 Å². The maximum atomic E-state index is 12.3. The molecule has 5 nitrogen and oxygen atoms in total. The molecule has 0 aliphatic carbocycles. The Morgan fingerprint density at radius 3 is 2.80 bits per heavy atom. The largest absolute Gasteiger partial charge is 0.485 e. The normalized spacial score (nSPS) is 16.8. The number of likely N-dealkylation sites (N-methyl/N-ethyl adjacent to an activating group) is 1. The molecule has 2 aromatic rings. The van der Waals surface area contributed by atoms with Gasteiger partial charge in [-0.25, -0.2) is 0 Å². The molecule has 0 radical (unpaired) electrons. The Hall–Kier alpha value is -2.43. The fourth-order valence-corrected chi connectivity index (χ4v) is 2.10. The highest BCUT2D eigenvalue weighted by molar-refractivity contribution is 5.81. The molecule has 104 valence electrons. The highest BCUT2D eigenvalue weighted by atomic mass is 16.6. The zero-order valence-corrected chi connectivity index (χ0v) is 11.1. The number of amides is 1. The van der Waals surface area contributed by atoms with Crippen LogP contribution in [0.1, 0.15) is 5.76 Å². The summed E-state index contributed by atoms with van der Waals surface area (Å²) in [7, 11) is 1.72. The van der Waals surface area contributed by atoms with Crippen molar-refractivity contribution in [1.29, 1.82) is 0 Å². The Morgan fingerprint density at radius 1 is 1.25 bits per heavy atom. The minimum absolute atomic E-state index is 0.129. The third-order valence-electron chi connectivity index (χ3n) is 3.13. The van der Waals surface area contributed by atoms with Crippen LogP contribution in [0.15, 0.2) is 47.1 Å². The van der Waals surface area contributed by atoms with Crippen LogP contribution in [0.5, 0.6) is 11.5 Å². The predicted molar refractivity (Wildman–Crippen MR) is 71.5 cm³/mol. The summed E-state index contributed by atoms with van der Waals surface area (Å²) in [5.41, 5.74) is 0. The second kappa shape index (κ2) is 5.28. The van der Waals surface area contributed by atoms with E-state index in [2.05, 4.69) is 0 Å². The summed E-state index contributed by atoms with van der Waals surface area (Å²) >= 11 is 0. The Balaban J connectivity index is 1.66. The number of hydrogen-bond donors (Lipinski definition) is 0. The number of nitrogens with zero attached hydrogens (tertiary/aromatic N) is 1. The SMILES string of the molecule is CN(Cc1ccco1)C(=O)[C@H]1COc2ccccc2O1. The highest BCUT2D eigenvalue weighted by Gasteiger charge is 2.29. The van der Waals surface area contributed by atoms with Crippen LogP contribution in [0.25, 0.3) is 0 Å². The molecule has 1 aromatic carbocycles. The van der Waals surface area contributed by atoms with Gasteiger partial charge in [0.15, 0.2) is 11.5 Å². The first-order chi connectivity index (χ1) is 9.74. The van der Waals surface area contributed by atoms with Crippen molar-refractivity contribution in [3.63, 3.8) is 0 Å². The van der Waals surface area contributed by atoms with Gasteiger partial charge in [0, 0.05) is 7.05 Å². The van der Waals surface area contributed by atoms with E-state index in [4.69, 9.17) is 13.9 Å². The Morgan fingerprint density at radius 2 is 2.05 bits per heavy atom. The molecule has 1 atom stereocenters. The van der Waals surface area contributed by atoms with Crippen molar-refractivity contribution >= 4 is 5.91 Å². The average molecular weight is 273 g/mol. The molecule has 5 heteroatoms. The predicted octanol–water partition coefficient (Wildman–Crippen LogP) is 2.08. The van der Waals surface area contributed by atoms with Crippen LogP contribution in [-0.2, 0) is 11.3 Å². The molecule has 0 spiro atoms. The lowest BCUT2D eigenvalue weighted by atomic mass is 10.2. The molecule has 20 heavy (non-hydrogen) atoms. The van der Waals surface area contributed by atoms with Crippen molar-refractivity contribution < 1.29 is 18.7 Å². The van der Waals surface area contributed by atoms with Gasteiger partial charge < -0.3 is 18.8 Å². The summed E-state index contributed by atoms with van der Waals surface area (Å²) in [6.45, 7) is 0.631. The van der Waals surface area contributed by atoms with Gasteiger partial charge >= 0.3 is 0 Å². The first-order valence-corrected chi connectivity index (χ1v) is 6.40. The molecule has 1 aliphatic rings. The molecule has 3 rings (SSSR count). The van der Waals surface area contributed by atoms with Crippen molar-refractivity contribution in [1.82, 2.24) is 4.90 Å². The topological polar surface area (TPSA) is 51.9 Å². The maximum Gasteiger partial charge on any atom is 0.267 e. The van der Waals surface area contributed by atoms with Gasteiger partial charge in [-0.1, -0.05) is 12.1 Å². The van der Waals surface area contributed by atoms with Gasteiger partial charge in [-0.05, 0) is 24.3 Å². The second-order valence-electron chi connectivity index (χ2n) is 4.64. The van der Waals surface area contributed by atoms with Crippen LogP contribution in [0.4, 0.5) is 0 Å². The van der Waals surface area contributed by atoms with E-state index in [1.807, 2.05) is 24.3 Å². The van der Waals surface area contributed by atoms with E-state index >= 15 is 0 Å². The van der Waals surface area contributed by atoms with Crippen LogP contribution < -0.4 is 9.47 Å². The number of para-hydroxylation sites is 2. The van der Waals surface area contributed by atoms with Crippen LogP contribution in [0, 0.1) is 0 Å². The molecule has 0 N–H and O–H groups in total. The van der Waals surface area contributed by atoms with Gasteiger partial charge in [-0.2, -0.15) is 0 Å². The number of furan rings is 1. The van der Waals surface area contributed by atoms with Crippen LogP contribution in [0.2, 0.25) is 0 Å². The Labute approximate surface area is 116 Å². The first kappa shape index (κ1) is 12.6. The van der Waals surface area contributed by atoms with Crippen molar-refractivity contribution in [2.45, 2.75) is 12.6 Å². The zero-order chi connectivity index (χ0) is 13.9. The quantitative estimate of drug-likeness (QED) is 0.859. The maximum absolute atomic E-state index is 12.3. The zero-order valence-electron chi connectivity index (χ0n) is 11.1. The number of hydrogen-bond acceptors (Lipinski definition) is 4. The molecule has 1 aliphatic heterocycles. The smallest absolute Gasteiger partial charge is 0.267 e. The van der Waals surface area contributed by atoms with Gasteiger partial charge in [0.25, 0.3) is 5.91 Å². The average Bonchev–Trinajstić information content (AvgIpc) is 2.99. The third-order valence-corrected chi connectivity index (χ3v) is 3.13. The van der Waals surface area contributed by atoms with E-state index in [0.717, 1.165) is 5.76 Å². The Kier molecular flexibility index (Phi) is 3.33. The van der Waals surface area contributed by atoms with Crippen LogP contribution in [0.3, 0.4) is 0 Å². The fraction of sp³-hybridized carbons (Fsp3) is 0.267. The van der Waals surface area contributed by atoms with Crippen molar-refractivity contribution in [2.75, 3.05) is 13.7 Å². The lowest BCUT2D eigenvalue weighted by Gasteiger charge is -2.28. The lowest BCUT2D eigenvalue weighted by Crippen LogP contribution is -2.44. The second-order valence-corrected chi connectivity index (χ2v) is 4.64. The summed E-state index contributed by atoms with van der Waals surface area (Å²) in [4.78, 5) is 13.9. The number of rotatable bonds is 3. The summed E-state index contributed by atoms with van der Waals surface area (Å²) in [6.07, 6.45) is 0.967. The molecule has 2 heterocycles. The van der Waals surface area contributed by atoms with E-state index in [9.17, 15) is 4.79 Å². The molecule has 0 bridgehead atoms. The monoisotopic (exact) mass is 273 g/mol. The van der Waals surface area contributed by atoms with E-state index in [0.29, 0.717) is 18.0 Å². The van der Waals surface area contributed by atoms with Gasteiger partial charge in [-0.3, -0.25) is 4.79 Å². The standard InChI is InChI=1S/C15H15NO4/c1-16(9-11-5-4-8-18-11)15(17)14-10-19-12-6-2-3-7-13(12)20-14/h2-8,14H,9-10H2,1H3/t14-/m1/s1. The van der Waals surface area contributed by atoms with Crippen molar-refractivity contribution in [3.8, 4) is 11.5 Å². The molecule has 0 saturated heterocycles. The van der Waals surface area contributed by atoms with Crippen LogP contribution >= 0.6 is 0 Å². The number of ether oxygens (including phenoxy) is 2. The van der Waals surface area contributed by atoms with Crippen LogP contribution in [-0.4, -0.2) is 30.6 Å². The van der Waals surface area contributed by atoms with Gasteiger partial charge in [0.05, 0.1) is 12.8 Å². The molecule has 0 unspecified atom stereocenters. The number of benzene rings is 1. The van der Waals surface area contributed by atoms with Gasteiger partial charge in [-0.15, -0.1) is 0 Å². The first-order valence-electron chi connectivity index (χ1n) is 6.40. The Bertz CT molecular complexity index is 594. The molecule has 0 saturated carbocycles. The van der Waals surface area contributed by atoms with E-state index < -0.39 is 6.10 Å². The fourth-order valence-electron chi connectivity index (χ4n) is 2.10. The summed E-state index contributed by atoms with van der Waals surface area (Å²) in [5, 5.41) is 0. The summed E-state index contributed by atoms with van der Waals surface area (Å²) in [5.74, 6) is 1.88. The summed E-state index contributed by atoms with van der Waals surface area (Å²) < 4.78 is 16.5. The molecule has 1 amide bonds. The number of fused-ring (bicyclic) bond motifs is 1. The molecule has 1 aromatic heterocycles. The van der Waals surface area contributed by atoms with Gasteiger partial charge in [0.2, 0.25) is 6.10 Å². The number of carbonyl (C=O) groups is 1. The minimum atomic E-state index is -0.620. The number of carbonyl (C=O) groups excluding carboxylic acids is 1. The molecular weight excluding hydrogens is 258 g/mol. The van der Waals surface area contributed by atoms with E-state index in [-0.39, 0.29) is 12.5 Å². The van der Waals surface area contributed by atoms with Crippen molar-refractivity contribution in [3.05, 3.63) is 48.4 Å². The van der Waals surface area contributed by atoms with E-state index in [1.54, 1.807) is 30.3 Å². The van der Waals surface area contributed by atoms with Gasteiger partial charge in [0.1, 0.15) is 12.4 Å². The molecule has 0 fully saturated rings. The molecular formula is C15H15NO4. The van der Waals surface area contributed by atoms with E-state index in [1.165, 1.54) is 0 Å². The highest BCUT2D eigenvalue weighted by Crippen LogP contribution is 2.31. The third kappa shape index (κ3) is 2.47. The summed E-state index contributed by atoms with van der Waals surface area (Å²) in [6, 6.07) is 11.0.